The molecule has 2 rings (SSSR count). The van der Waals surface area contributed by atoms with Gasteiger partial charge >= 0.3 is 6.18 Å². The number of hydrogen-bond acceptors (Lipinski definition) is 3. The Morgan fingerprint density at radius 3 is 2.55 bits per heavy atom. The van der Waals surface area contributed by atoms with Crippen LogP contribution in [0.1, 0.15) is 16.7 Å². The number of benzene rings is 2. The van der Waals surface area contributed by atoms with Crippen molar-refractivity contribution in [2.45, 2.75) is 12.7 Å². The minimum atomic E-state index is -4.56. The SMILES string of the molecule is COc1ccccc1CNc1ccc(C#N)c(C(F)(F)F)c1. The molecule has 6 heteroatoms. The van der Waals surface area contributed by atoms with Crippen LogP contribution in [0, 0.1) is 11.3 Å². The van der Waals surface area contributed by atoms with E-state index in [1.807, 2.05) is 18.2 Å². The maximum atomic E-state index is 12.9. The van der Waals surface area contributed by atoms with Gasteiger partial charge in [-0.05, 0) is 24.3 Å². The summed E-state index contributed by atoms with van der Waals surface area (Å²) in [5.41, 5.74) is -0.226. The van der Waals surface area contributed by atoms with Gasteiger partial charge in [0.1, 0.15) is 5.75 Å². The predicted octanol–water partition coefficient (Wildman–Crippen LogP) is 4.20. The Morgan fingerprint density at radius 2 is 1.91 bits per heavy atom. The molecule has 0 aliphatic carbocycles. The van der Waals surface area contributed by atoms with E-state index in [9.17, 15) is 13.2 Å². The van der Waals surface area contributed by atoms with Gasteiger partial charge in [-0.3, -0.25) is 0 Å². The second kappa shape index (κ2) is 6.39. The molecule has 0 aliphatic rings. The van der Waals surface area contributed by atoms with Gasteiger partial charge in [-0.1, -0.05) is 18.2 Å². The molecule has 0 unspecified atom stereocenters. The number of methoxy groups -OCH3 is 1. The minimum Gasteiger partial charge on any atom is -0.496 e. The van der Waals surface area contributed by atoms with Gasteiger partial charge in [0.05, 0.1) is 24.3 Å². The van der Waals surface area contributed by atoms with Crippen LogP contribution in [0.2, 0.25) is 0 Å². The topological polar surface area (TPSA) is 45.0 Å². The van der Waals surface area contributed by atoms with Crippen molar-refractivity contribution >= 4 is 5.69 Å². The van der Waals surface area contributed by atoms with Crippen molar-refractivity contribution in [3.8, 4) is 11.8 Å². The molecule has 0 saturated heterocycles. The molecular weight excluding hydrogens is 293 g/mol. The van der Waals surface area contributed by atoms with Gasteiger partial charge in [0, 0.05) is 17.8 Å². The van der Waals surface area contributed by atoms with Crippen LogP contribution in [0.15, 0.2) is 42.5 Å². The number of halogens is 3. The van der Waals surface area contributed by atoms with Gasteiger partial charge in [0.2, 0.25) is 0 Å². The Morgan fingerprint density at radius 1 is 1.18 bits per heavy atom. The van der Waals surface area contributed by atoms with Crippen LogP contribution in [-0.4, -0.2) is 7.11 Å². The highest BCUT2D eigenvalue weighted by atomic mass is 19.4. The zero-order valence-corrected chi connectivity index (χ0v) is 11.7. The molecule has 0 saturated carbocycles. The summed E-state index contributed by atoms with van der Waals surface area (Å²) in [6.45, 7) is 0.313. The van der Waals surface area contributed by atoms with Crippen LogP contribution >= 0.6 is 0 Å². The number of nitrogens with one attached hydrogen (secondary N) is 1. The highest BCUT2D eigenvalue weighted by Gasteiger charge is 2.33. The summed E-state index contributed by atoms with van der Waals surface area (Å²) >= 11 is 0. The van der Waals surface area contributed by atoms with Gasteiger partial charge in [-0.2, -0.15) is 18.4 Å². The zero-order chi connectivity index (χ0) is 16.2. The molecule has 114 valence electrons. The molecule has 0 atom stereocenters. The highest BCUT2D eigenvalue weighted by molar-refractivity contribution is 5.53. The number of hydrogen-bond donors (Lipinski definition) is 1. The van der Waals surface area contributed by atoms with Gasteiger partial charge in [0.25, 0.3) is 0 Å². The lowest BCUT2D eigenvalue weighted by Crippen LogP contribution is -2.09. The van der Waals surface area contributed by atoms with Gasteiger partial charge in [-0.25, -0.2) is 0 Å². The van der Waals surface area contributed by atoms with Crippen molar-refractivity contribution in [2.75, 3.05) is 12.4 Å². The molecule has 0 amide bonds. The average molecular weight is 306 g/mol. The lowest BCUT2D eigenvalue weighted by Gasteiger charge is -2.13. The van der Waals surface area contributed by atoms with Crippen molar-refractivity contribution < 1.29 is 17.9 Å². The minimum absolute atomic E-state index is 0.289. The number of nitriles is 1. The van der Waals surface area contributed by atoms with Gasteiger partial charge < -0.3 is 10.1 Å². The fourth-order valence-corrected chi connectivity index (χ4v) is 2.03. The smallest absolute Gasteiger partial charge is 0.417 e. The second-order valence-corrected chi connectivity index (χ2v) is 4.54. The zero-order valence-electron chi connectivity index (χ0n) is 11.7. The summed E-state index contributed by atoms with van der Waals surface area (Å²) in [7, 11) is 1.53. The van der Waals surface area contributed by atoms with E-state index in [2.05, 4.69) is 5.32 Å². The molecule has 2 aromatic rings. The third kappa shape index (κ3) is 3.50. The number of nitrogens with zero attached hydrogens (tertiary/aromatic N) is 1. The monoisotopic (exact) mass is 306 g/mol. The molecule has 1 N–H and O–H groups in total. The molecule has 0 aliphatic heterocycles. The van der Waals surface area contributed by atoms with Crippen LogP contribution in [0.25, 0.3) is 0 Å². The van der Waals surface area contributed by atoms with Crippen molar-refractivity contribution in [3.05, 3.63) is 59.2 Å². The van der Waals surface area contributed by atoms with E-state index < -0.39 is 17.3 Å². The first-order valence-electron chi connectivity index (χ1n) is 6.43. The molecule has 0 heterocycles. The number of rotatable bonds is 4. The Bertz CT molecular complexity index is 705. The Hall–Kier alpha value is -2.68. The van der Waals surface area contributed by atoms with E-state index in [1.165, 1.54) is 13.2 Å². The molecule has 22 heavy (non-hydrogen) atoms. The highest BCUT2D eigenvalue weighted by Crippen LogP contribution is 2.33. The maximum absolute atomic E-state index is 12.9. The largest absolute Gasteiger partial charge is 0.496 e. The van der Waals surface area contributed by atoms with Crippen molar-refractivity contribution in [1.29, 1.82) is 5.26 Å². The number of para-hydroxylation sites is 1. The standard InChI is InChI=1S/C16H13F3N2O/c1-22-15-5-3-2-4-12(15)10-21-13-7-6-11(9-20)14(8-13)16(17,18)19/h2-8,21H,10H2,1H3. The fraction of sp³-hybridized carbons (Fsp3) is 0.188. The Kier molecular flexibility index (Phi) is 4.56. The molecular formula is C16H13F3N2O. The molecule has 0 fully saturated rings. The molecule has 0 radical (unpaired) electrons. The molecule has 0 aromatic heterocycles. The molecule has 3 nitrogen and oxygen atoms in total. The van der Waals surface area contributed by atoms with E-state index in [4.69, 9.17) is 10.00 Å². The van der Waals surface area contributed by atoms with E-state index in [0.717, 1.165) is 17.7 Å². The van der Waals surface area contributed by atoms with Crippen LogP contribution < -0.4 is 10.1 Å². The quantitative estimate of drug-likeness (QED) is 0.921. The molecule has 2 aromatic carbocycles. The van der Waals surface area contributed by atoms with Gasteiger partial charge in [-0.15, -0.1) is 0 Å². The number of anilines is 1. The second-order valence-electron chi connectivity index (χ2n) is 4.54. The summed E-state index contributed by atoms with van der Waals surface area (Å²) in [6, 6.07) is 12.3. The number of ether oxygens (including phenoxy) is 1. The Balaban J connectivity index is 2.22. The van der Waals surface area contributed by atoms with Crippen molar-refractivity contribution in [2.24, 2.45) is 0 Å². The third-order valence-corrected chi connectivity index (χ3v) is 3.12. The molecule has 0 bridgehead atoms. The summed E-state index contributed by atoms with van der Waals surface area (Å²) in [5, 5.41) is 11.7. The van der Waals surface area contributed by atoms with Gasteiger partial charge in [0.15, 0.2) is 0 Å². The van der Waals surface area contributed by atoms with E-state index in [-0.39, 0.29) is 5.69 Å². The first-order valence-corrected chi connectivity index (χ1v) is 6.43. The van der Waals surface area contributed by atoms with E-state index >= 15 is 0 Å². The summed E-state index contributed by atoms with van der Waals surface area (Å²) in [4.78, 5) is 0. The van der Waals surface area contributed by atoms with Crippen LogP contribution in [0.4, 0.5) is 18.9 Å². The van der Waals surface area contributed by atoms with Crippen molar-refractivity contribution in [1.82, 2.24) is 0 Å². The average Bonchev–Trinajstić information content (AvgIpc) is 2.52. The fourth-order valence-electron chi connectivity index (χ4n) is 2.03. The summed E-state index contributed by atoms with van der Waals surface area (Å²) in [5.74, 6) is 0.652. The van der Waals surface area contributed by atoms with Crippen LogP contribution in [0.5, 0.6) is 5.75 Å². The summed E-state index contributed by atoms with van der Waals surface area (Å²) in [6.07, 6.45) is -4.56. The first-order chi connectivity index (χ1) is 10.5. The number of alkyl halides is 3. The molecule has 0 spiro atoms. The third-order valence-electron chi connectivity index (χ3n) is 3.12. The normalized spacial score (nSPS) is 10.9. The van der Waals surface area contributed by atoms with Crippen LogP contribution in [-0.2, 0) is 12.7 Å². The Labute approximate surface area is 126 Å². The maximum Gasteiger partial charge on any atom is 0.417 e. The lowest BCUT2D eigenvalue weighted by atomic mass is 10.1. The lowest BCUT2D eigenvalue weighted by molar-refractivity contribution is -0.137. The van der Waals surface area contributed by atoms with Crippen molar-refractivity contribution in [3.63, 3.8) is 0 Å². The van der Waals surface area contributed by atoms with E-state index in [1.54, 1.807) is 12.1 Å². The first kappa shape index (κ1) is 15.7. The predicted molar refractivity (Wildman–Crippen MR) is 76.5 cm³/mol. The van der Waals surface area contributed by atoms with Crippen LogP contribution in [0.3, 0.4) is 0 Å². The van der Waals surface area contributed by atoms with E-state index in [0.29, 0.717) is 12.3 Å². The summed E-state index contributed by atoms with van der Waals surface area (Å²) < 4.78 is 43.9.